The fourth-order valence-corrected chi connectivity index (χ4v) is 3.86. The van der Waals surface area contributed by atoms with Crippen LogP contribution in [0.3, 0.4) is 0 Å². The maximum atomic E-state index is 13.2. The third kappa shape index (κ3) is 4.26. The second-order valence-electron chi connectivity index (χ2n) is 6.24. The normalized spacial score (nSPS) is 14.5. The van der Waals surface area contributed by atoms with Crippen LogP contribution in [0.15, 0.2) is 30.5 Å². The number of nitrogens with zero attached hydrogens (tertiary/aromatic N) is 2. The van der Waals surface area contributed by atoms with Gasteiger partial charge in [-0.3, -0.25) is 4.79 Å². The van der Waals surface area contributed by atoms with Gasteiger partial charge in [0.05, 0.1) is 10.0 Å². The van der Waals surface area contributed by atoms with Crippen LogP contribution in [0.4, 0.5) is 27.8 Å². The highest BCUT2D eigenvalue weighted by atomic mass is 35.5. The van der Waals surface area contributed by atoms with E-state index >= 15 is 0 Å². The highest BCUT2D eigenvalue weighted by molar-refractivity contribution is 7.13. The van der Waals surface area contributed by atoms with Crippen molar-refractivity contribution in [3.05, 3.63) is 51.1 Å². The Hall–Kier alpha value is -2.99. The number of hydrogen-bond donors (Lipinski definition) is 1. The predicted molar refractivity (Wildman–Crippen MR) is 101 cm³/mol. The number of carbonyl (C=O) groups is 1. The van der Waals surface area contributed by atoms with E-state index in [0.717, 1.165) is 6.07 Å². The molecule has 1 aliphatic rings. The van der Waals surface area contributed by atoms with Gasteiger partial charge in [0.15, 0.2) is 17.2 Å². The molecule has 0 saturated carbocycles. The summed E-state index contributed by atoms with van der Waals surface area (Å²) in [7, 11) is 0. The van der Waals surface area contributed by atoms with Gasteiger partial charge in [-0.1, -0.05) is 11.6 Å². The number of halogens is 6. The molecule has 2 aromatic heterocycles. The Morgan fingerprint density at radius 3 is 2.48 bits per heavy atom. The van der Waals surface area contributed by atoms with Crippen molar-refractivity contribution >= 4 is 34.7 Å². The molecule has 6 nitrogen and oxygen atoms in total. The first-order valence-corrected chi connectivity index (χ1v) is 9.54. The highest BCUT2D eigenvalue weighted by Gasteiger charge is 2.44. The van der Waals surface area contributed by atoms with E-state index in [9.17, 15) is 26.7 Å². The second kappa shape index (κ2) is 7.31. The molecular weight excluding hydrogens is 469 g/mol. The molecule has 3 heterocycles. The van der Waals surface area contributed by atoms with Crippen LogP contribution in [0.5, 0.6) is 11.5 Å². The number of amides is 1. The lowest BCUT2D eigenvalue weighted by molar-refractivity contribution is -0.286. The fourth-order valence-electron chi connectivity index (χ4n) is 2.77. The highest BCUT2D eigenvalue weighted by Crippen LogP contribution is 2.46. The smallest absolute Gasteiger partial charge is 0.395 e. The number of pyridine rings is 1. The standard InChI is InChI=1S/C18H9ClF5N3O3S/c1-7-26-15(17(20,21)22)14(31-7)16(28)27-13-3-2-8(6-25-13)9-4-11-12(5-10(9)19)30-18(23,24)29-11/h2-6H,1H3,(H,25,27,28). The molecule has 0 fully saturated rings. The summed E-state index contributed by atoms with van der Waals surface area (Å²) >= 11 is 6.72. The van der Waals surface area contributed by atoms with Crippen LogP contribution in [-0.2, 0) is 6.18 Å². The number of ether oxygens (including phenoxy) is 2. The largest absolute Gasteiger partial charge is 0.586 e. The first-order chi connectivity index (χ1) is 14.4. The maximum absolute atomic E-state index is 13.2. The van der Waals surface area contributed by atoms with Gasteiger partial charge in [-0.15, -0.1) is 20.1 Å². The van der Waals surface area contributed by atoms with Crippen LogP contribution in [0.2, 0.25) is 5.02 Å². The Bertz CT molecular complexity index is 1180. The molecule has 0 unspecified atom stereocenters. The summed E-state index contributed by atoms with van der Waals surface area (Å²) in [4.78, 5) is 19.0. The Balaban J connectivity index is 1.56. The fraction of sp³-hybridized carbons (Fsp3) is 0.167. The van der Waals surface area contributed by atoms with Gasteiger partial charge in [-0.05, 0) is 25.1 Å². The molecule has 13 heteroatoms. The van der Waals surface area contributed by atoms with Gasteiger partial charge in [-0.2, -0.15) is 13.2 Å². The van der Waals surface area contributed by atoms with Gasteiger partial charge in [0.1, 0.15) is 10.7 Å². The number of aromatic nitrogens is 2. The molecule has 162 valence electrons. The second-order valence-corrected chi connectivity index (χ2v) is 7.85. The SMILES string of the molecule is Cc1nc(C(F)(F)F)c(C(=O)Nc2ccc(-c3cc4c(cc3Cl)OC(F)(F)O4)cn2)s1. The average Bonchev–Trinajstić information content (AvgIpc) is 3.20. The molecule has 1 aliphatic heterocycles. The quantitative estimate of drug-likeness (QED) is 0.486. The molecule has 0 bridgehead atoms. The molecule has 1 N–H and O–H groups in total. The Labute approximate surface area is 179 Å². The van der Waals surface area contributed by atoms with Gasteiger partial charge in [0, 0.05) is 23.4 Å². The Morgan fingerprint density at radius 2 is 1.87 bits per heavy atom. The summed E-state index contributed by atoms with van der Waals surface area (Å²) in [5, 5.41) is 2.44. The minimum atomic E-state index is -4.78. The minimum absolute atomic E-state index is 0.0312. The monoisotopic (exact) mass is 477 g/mol. The van der Waals surface area contributed by atoms with Gasteiger partial charge in [0.25, 0.3) is 5.91 Å². The number of carbonyl (C=O) groups excluding carboxylic acids is 1. The average molecular weight is 478 g/mol. The van der Waals surface area contributed by atoms with E-state index in [-0.39, 0.29) is 27.3 Å². The molecule has 1 amide bonds. The van der Waals surface area contributed by atoms with Crippen molar-refractivity contribution in [2.75, 3.05) is 5.32 Å². The van der Waals surface area contributed by atoms with Gasteiger partial charge < -0.3 is 14.8 Å². The number of benzene rings is 1. The number of rotatable bonds is 3. The van der Waals surface area contributed by atoms with E-state index < -0.39 is 28.9 Å². The summed E-state index contributed by atoms with van der Waals surface area (Å²) in [6, 6.07) is 5.17. The summed E-state index contributed by atoms with van der Waals surface area (Å²) in [5.74, 6) is -1.49. The van der Waals surface area contributed by atoms with Crippen molar-refractivity contribution < 1.29 is 36.2 Å². The molecule has 0 atom stereocenters. The molecule has 31 heavy (non-hydrogen) atoms. The summed E-state index contributed by atoms with van der Waals surface area (Å²) < 4.78 is 74.3. The number of aryl methyl sites for hydroxylation is 1. The molecule has 0 spiro atoms. The van der Waals surface area contributed by atoms with Crippen molar-refractivity contribution in [3.63, 3.8) is 0 Å². The zero-order valence-corrected chi connectivity index (χ0v) is 16.8. The number of hydrogen-bond acceptors (Lipinski definition) is 6. The van der Waals surface area contributed by atoms with E-state index in [0.29, 0.717) is 22.5 Å². The number of anilines is 1. The number of nitrogens with one attached hydrogen (secondary N) is 1. The first kappa shape index (κ1) is 21.2. The lowest BCUT2D eigenvalue weighted by atomic mass is 10.1. The van der Waals surface area contributed by atoms with Crippen LogP contribution in [0.1, 0.15) is 20.4 Å². The summed E-state index contributed by atoms with van der Waals surface area (Å²) in [6.07, 6.45) is -7.32. The van der Waals surface area contributed by atoms with Crippen molar-refractivity contribution in [2.24, 2.45) is 0 Å². The predicted octanol–water partition coefficient (Wildman–Crippen LogP) is 5.76. The van der Waals surface area contributed by atoms with E-state index in [4.69, 9.17) is 11.6 Å². The lowest BCUT2D eigenvalue weighted by Gasteiger charge is -2.09. The van der Waals surface area contributed by atoms with Crippen molar-refractivity contribution in [1.29, 1.82) is 0 Å². The molecule has 4 rings (SSSR count). The van der Waals surface area contributed by atoms with Crippen LogP contribution < -0.4 is 14.8 Å². The summed E-state index contributed by atoms with van der Waals surface area (Å²) in [5.41, 5.74) is -0.591. The van der Waals surface area contributed by atoms with Crippen molar-refractivity contribution in [2.45, 2.75) is 19.4 Å². The number of alkyl halides is 5. The van der Waals surface area contributed by atoms with Crippen LogP contribution in [-0.4, -0.2) is 22.2 Å². The van der Waals surface area contributed by atoms with Gasteiger partial charge in [0.2, 0.25) is 0 Å². The van der Waals surface area contributed by atoms with Crippen molar-refractivity contribution in [1.82, 2.24) is 9.97 Å². The van der Waals surface area contributed by atoms with E-state index in [1.807, 2.05) is 0 Å². The van der Waals surface area contributed by atoms with E-state index in [2.05, 4.69) is 24.8 Å². The van der Waals surface area contributed by atoms with Crippen molar-refractivity contribution in [3.8, 4) is 22.6 Å². The minimum Gasteiger partial charge on any atom is -0.395 e. The maximum Gasteiger partial charge on any atom is 0.586 e. The zero-order valence-electron chi connectivity index (χ0n) is 15.2. The molecule has 0 aliphatic carbocycles. The van der Waals surface area contributed by atoms with Crippen LogP contribution in [0.25, 0.3) is 11.1 Å². The lowest BCUT2D eigenvalue weighted by Crippen LogP contribution is -2.25. The zero-order chi connectivity index (χ0) is 22.6. The molecule has 1 aromatic carbocycles. The Kier molecular flexibility index (Phi) is 5.01. The van der Waals surface area contributed by atoms with Gasteiger partial charge in [-0.25, -0.2) is 9.97 Å². The number of thiazole rings is 1. The van der Waals surface area contributed by atoms with Gasteiger partial charge >= 0.3 is 12.5 Å². The topological polar surface area (TPSA) is 73.3 Å². The van der Waals surface area contributed by atoms with Crippen LogP contribution >= 0.6 is 22.9 Å². The molecule has 0 radical (unpaired) electrons. The first-order valence-electron chi connectivity index (χ1n) is 8.35. The van der Waals surface area contributed by atoms with E-state index in [1.54, 1.807) is 0 Å². The number of fused-ring (bicyclic) bond motifs is 1. The Morgan fingerprint density at radius 1 is 1.19 bits per heavy atom. The van der Waals surface area contributed by atoms with E-state index in [1.165, 1.54) is 31.3 Å². The summed E-state index contributed by atoms with van der Waals surface area (Å²) in [6.45, 7) is 1.36. The molecule has 3 aromatic rings. The third-order valence-electron chi connectivity index (χ3n) is 4.02. The third-order valence-corrected chi connectivity index (χ3v) is 5.30. The van der Waals surface area contributed by atoms with Crippen LogP contribution in [0, 0.1) is 6.92 Å². The molecular formula is C18H9ClF5N3O3S. The molecule has 0 saturated heterocycles.